The molecule has 0 amide bonds. The average Bonchev–Trinajstić information content (AvgIpc) is 2.21. The Kier molecular flexibility index (Phi) is 2.76. The zero-order valence-corrected chi connectivity index (χ0v) is 8.80. The molecule has 0 heterocycles. The van der Waals surface area contributed by atoms with Crippen LogP contribution in [0.3, 0.4) is 0 Å². The van der Waals surface area contributed by atoms with Crippen molar-refractivity contribution in [3.63, 3.8) is 0 Å². The number of ketones is 1. The van der Waals surface area contributed by atoms with Crippen molar-refractivity contribution in [3.05, 3.63) is 35.4 Å². The van der Waals surface area contributed by atoms with Gasteiger partial charge in [0.2, 0.25) is 0 Å². The van der Waals surface area contributed by atoms with Gasteiger partial charge in [0.05, 0.1) is 5.56 Å². The molecule has 0 spiro atoms. The summed E-state index contributed by atoms with van der Waals surface area (Å²) in [5.41, 5.74) is 4.72. The average molecular weight is 225 g/mol. The Labute approximate surface area is 92.4 Å². The highest BCUT2D eigenvalue weighted by molar-refractivity contribution is 6.01. The normalized spacial score (nSPS) is 17.9. The van der Waals surface area contributed by atoms with Crippen molar-refractivity contribution in [1.82, 2.24) is 0 Å². The van der Waals surface area contributed by atoms with Gasteiger partial charge in [0.25, 0.3) is 0 Å². The number of halogens is 2. The van der Waals surface area contributed by atoms with E-state index in [1.165, 1.54) is 0 Å². The lowest BCUT2D eigenvalue weighted by Gasteiger charge is -2.39. The zero-order valence-electron chi connectivity index (χ0n) is 8.80. The van der Waals surface area contributed by atoms with E-state index in [1.807, 2.05) is 0 Å². The predicted molar refractivity (Wildman–Crippen MR) is 56.0 cm³/mol. The molecule has 0 aliphatic heterocycles. The molecule has 0 atom stereocenters. The van der Waals surface area contributed by atoms with Gasteiger partial charge in [-0.3, -0.25) is 4.79 Å². The molecule has 0 saturated heterocycles. The van der Waals surface area contributed by atoms with Gasteiger partial charge in [-0.15, -0.1) is 0 Å². The first kappa shape index (κ1) is 11.2. The van der Waals surface area contributed by atoms with Crippen molar-refractivity contribution in [2.45, 2.75) is 19.3 Å². The molecule has 1 aliphatic carbocycles. The third-order valence-corrected chi connectivity index (χ3v) is 3.36. The Morgan fingerprint density at radius 3 is 2.56 bits per heavy atom. The highest BCUT2D eigenvalue weighted by Gasteiger charge is 2.43. The maximum Gasteiger partial charge on any atom is 0.173 e. The molecule has 0 radical (unpaired) electrons. The highest BCUT2D eigenvalue weighted by Crippen LogP contribution is 2.42. The Morgan fingerprint density at radius 1 is 1.38 bits per heavy atom. The summed E-state index contributed by atoms with van der Waals surface area (Å²) in [6, 6.07) is 2.93. The molecule has 0 aromatic heterocycles. The summed E-state index contributed by atoms with van der Waals surface area (Å²) in [6.45, 7) is 0.196. The molecule has 86 valence electrons. The topological polar surface area (TPSA) is 43.1 Å². The molecular formula is C12H13F2NO. The zero-order chi connectivity index (χ0) is 11.8. The van der Waals surface area contributed by atoms with Gasteiger partial charge >= 0.3 is 0 Å². The first-order valence-electron chi connectivity index (χ1n) is 5.29. The van der Waals surface area contributed by atoms with Gasteiger partial charge in [0.1, 0.15) is 11.6 Å². The van der Waals surface area contributed by atoms with Gasteiger partial charge in [0.15, 0.2) is 5.78 Å². The highest BCUT2D eigenvalue weighted by atomic mass is 19.1. The first-order valence-corrected chi connectivity index (χ1v) is 5.29. The minimum absolute atomic E-state index is 0.176. The number of benzene rings is 1. The number of rotatable bonds is 3. The lowest BCUT2D eigenvalue weighted by molar-refractivity contribution is 0.0630. The molecule has 1 fully saturated rings. The van der Waals surface area contributed by atoms with Crippen LogP contribution in [-0.2, 0) is 0 Å². The van der Waals surface area contributed by atoms with Crippen LogP contribution in [0.2, 0.25) is 0 Å². The molecule has 1 saturated carbocycles. The summed E-state index contributed by atoms with van der Waals surface area (Å²) in [7, 11) is 0. The number of hydrogen-bond acceptors (Lipinski definition) is 2. The van der Waals surface area contributed by atoms with Crippen molar-refractivity contribution in [3.8, 4) is 0 Å². The summed E-state index contributed by atoms with van der Waals surface area (Å²) in [6.07, 6.45) is 2.25. The number of carbonyl (C=O) groups excluding carboxylic acids is 1. The molecule has 0 bridgehead atoms. The Bertz CT molecular complexity index is 422. The fraction of sp³-hybridized carbons (Fsp3) is 0.417. The second-order valence-corrected chi connectivity index (χ2v) is 4.29. The lowest BCUT2D eigenvalue weighted by Crippen LogP contribution is -2.44. The van der Waals surface area contributed by atoms with Crippen LogP contribution in [0.4, 0.5) is 8.78 Å². The van der Waals surface area contributed by atoms with Crippen LogP contribution < -0.4 is 5.73 Å². The Morgan fingerprint density at radius 2 is 2.06 bits per heavy atom. The van der Waals surface area contributed by atoms with Crippen LogP contribution in [0.5, 0.6) is 0 Å². The van der Waals surface area contributed by atoms with Crippen molar-refractivity contribution < 1.29 is 13.6 Å². The van der Waals surface area contributed by atoms with Crippen LogP contribution in [-0.4, -0.2) is 12.3 Å². The van der Waals surface area contributed by atoms with E-state index >= 15 is 0 Å². The molecule has 2 N–H and O–H groups in total. The minimum Gasteiger partial charge on any atom is -0.329 e. The standard InChI is InChI=1S/C12H13F2NO/c13-8-2-3-10(14)9(6-8)11(16)12(7-15)4-1-5-12/h2-3,6H,1,4-5,7,15H2. The van der Waals surface area contributed by atoms with E-state index in [1.54, 1.807) is 0 Å². The third-order valence-electron chi connectivity index (χ3n) is 3.36. The smallest absolute Gasteiger partial charge is 0.173 e. The van der Waals surface area contributed by atoms with E-state index in [9.17, 15) is 13.6 Å². The van der Waals surface area contributed by atoms with Crippen LogP contribution in [0.25, 0.3) is 0 Å². The van der Waals surface area contributed by atoms with E-state index in [2.05, 4.69) is 0 Å². The largest absolute Gasteiger partial charge is 0.329 e. The van der Waals surface area contributed by atoms with Crippen molar-refractivity contribution in [1.29, 1.82) is 0 Å². The summed E-state index contributed by atoms with van der Waals surface area (Å²) in [5, 5.41) is 0. The maximum atomic E-state index is 13.4. The van der Waals surface area contributed by atoms with Gasteiger partial charge < -0.3 is 5.73 Å². The van der Waals surface area contributed by atoms with Crippen molar-refractivity contribution in [2.24, 2.45) is 11.1 Å². The molecule has 16 heavy (non-hydrogen) atoms. The monoisotopic (exact) mass is 225 g/mol. The van der Waals surface area contributed by atoms with Gasteiger partial charge in [-0.2, -0.15) is 0 Å². The molecule has 1 aromatic rings. The predicted octanol–water partition coefficient (Wildman–Crippen LogP) is 2.28. The maximum absolute atomic E-state index is 13.4. The molecule has 1 aliphatic rings. The Balaban J connectivity index is 2.37. The molecular weight excluding hydrogens is 212 g/mol. The second kappa shape index (κ2) is 3.94. The first-order chi connectivity index (χ1) is 7.59. The van der Waals surface area contributed by atoms with E-state index in [0.717, 1.165) is 24.6 Å². The van der Waals surface area contributed by atoms with Gasteiger partial charge in [0, 0.05) is 12.0 Å². The molecule has 1 aromatic carbocycles. The molecule has 4 heteroatoms. The molecule has 2 nitrogen and oxygen atoms in total. The van der Waals surface area contributed by atoms with Crippen molar-refractivity contribution in [2.75, 3.05) is 6.54 Å². The SMILES string of the molecule is NCC1(C(=O)c2cc(F)ccc2F)CCC1. The summed E-state index contributed by atoms with van der Waals surface area (Å²) in [5.74, 6) is -1.64. The van der Waals surface area contributed by atoms with Crippen LogP contribution >= 0.6 is 0 Å². The summed E-state index contributed by atoms with van der Waals surface area (Å²) in [4.78, 5) is 12.1. The van der Waals surface area contributed by atoms with E-state index < -0.39 is 17.0 Å². The second-order valence-electron chi connectivity index (χ2n) is 4.29. The third kappa shape index (κ3) is 1.63. The van der Waals surface area contributed by atoms with Crippen molar-refractivity contribution >= 4 is 5.78 Å². The van der Waals surface area contributed by atoms with E-state index in [-0.39, 0.29) is 17.9 Å². The number of hydrogen-bond donors (Lipinski definition) is 1. The summed E-state index contributed by atoms with van der Waals surface area (Å²) < 4.78 is 26.4. The number of Topliss-reactive ketones (excluding diaryl/α,β-unsaturated/α-hetero) is 1. The number of carbonyl (C=O) groups is 1. The van der Waals surface area contributed by atoms with Crippen LogP contribution in [0, 0.1) is 17.0 Å². The van der Waals surface area contributed by atoms with Crippen LogP contribution in [0.1, 0.15) is 29.6 Å². The lowest BCUT2D eigenvalue weighted by atomic mass is 9.64. The fourth-order valence-corrected chi connectivity index (χ4v) is 2.08. The minimum atomic E-state index is -0.675. The fourth-order valence-electron chi connectivity index (χ4n) is 2.08. The van der Waals surface area contributed by atoms with Gasteiger partial charge in [-0.1, -0.05) is 6.42 Å². The van der Waals surface area contributed by atoms with E-state index in [0.29, 0.717) is 12.8 Å². The summed E-state index contributed by atoms with van der Waals surface area (Å²) >= 11 is 0. The van der Waals surface area contributed by atoms with E-state index in [4.69, 9.17) is 5.73 Å². The van der Waals surface area contributed by atoms with Crippen LogP contribution in [0.15, 0.2) is 18.2 Å². The van der Waals surface area contributed by atoms with Gasteiger partial charge in [-0.05, 0) is 31.0 Å². The molecule has 0 unspecified atom stereocenters. The quantitative estimate of drug-likeness (QED) is 0.802. The number of nitrogens with two attached hydrogens (primary N) is 1. The van der Waals surface area contributed by atoms with Gasteiger partial charge in [-0.25, -0.2) is 8.78 Å². The molecule has 2 rings (SSSR count). The Hall–Kier alpha value is -1.29.